The monoisotopic (exact) mass is 393 g/mol. The molecule has 29 heavy (non-hydrogen) atoms. The fraction of sp³-hybridized carbons (Fsp3) is 0.200. The topological polar surface area (TPSA) is 92.8 Å². The van der Waals surface area contributed by atoms with Gasteiger partial charge in [0.1, 0.15) is 5.82 Å². The number of nitro groups is 1. The molecular formula is C20H16FN5O3. The first kappa shape index (κ1) is 17.4. The minimum atomic E-state index is -0.485. The molecule has 0 saturated heterocycles. The third-order valence-corrected chi connectivity index (χ3v) is 5.47. The van der Waals surface area contributed by atoms with Crippen molar-refractivity contribution in [3.8, 4) is 0 Å². The molecule has 0 amide bonds. The summed E-state index contributed by atoms with van der Waals surface area (Å²) in [5, 5.41) is 13.7. The predicted molar refractivity (Wildman–Crippen MR) is 106 cm³/mol. The quantitative estimate of drug-likeness (QED) is 0.622. The van der Waals surface area contributed by atoms with E-state index in [2.05, 4.69) is 10.4 Å². The molecule has 3 heterocycles. The number of aliphatic imine (C=N–C) groups is 1. The Hall–Kier alpha value is -3.75. The molecule has 3 aliphatic rings. The van der Waals surface area contributed by atoms with Crippen LogP contribution >= 0.6 is 0 Å². The molecule has 1 aromatic carbocycles. The van der Waals surface area contributed by atoms with Crippen molar-refractivity contribution in [2.45, 2.75) is 12.5 Å². The number of hydrogen-bond acceptors (Lipinski definition) is 6. The molecule has 1 N–H and O–H groups in total. The van der Waals surface area contributed by atoms with Gasteiger partial charge < -0.3 is 4.57 Å². The number of pyridine rings is 1. The van der Waals surface area contributed by atoms with Crippen molar-refractivity contribution in [3.05, 3.63) is 91.3 Å². The summed E-state index contributed by atoms with van der Waals surface area (Å²) in [6, 6.07) is 7.42. The number of fused-ring (bicyclic) bond motifs is 2. The Kier molecular flexibility index (Phi) is 3.67. The molecule has 2 aliphatic heterocycles. The molecule has 5 rings (SSSR count). The summed E-state index contributed by atoms with van der Waals surface area (Å²) in [5.74, 6) is -0.346. The van der Waals surface area contributed by atoms with Gasteiger partial charge in [0.25, 0.3) is 11.3 Å². The number of hydrogen-bond donors (Lipinski definition) is 1. The Balaban J connectivity index is 1.73. The average molecular weight is 393 g/mol. The van der Waals surface area contributed by atoms with Gasteiger partial charge in [0.2, 0.25) is 0 Å². The second kappa shape index (κ2) is 6.13. The number of anilines is 1. The van der Waals surface area contributed by atoms with Crippen LogP contribution in [0, 0.1) is 15.9 Å². The summed E-state index contributed by atoms with van der Waals surface area (Å²) >= 11 is 0. The molecule has 0 radical (unpaired) electrons. The highest BCUT2D eigenvalue weighted by Gasteiger charge is 2.42. The summed E-state index contributed by atoms with van der Waals surface area (Å²) in [7, 11) is 1.61. The Morgan fingerprint density at radius 2 is 2.03 bits per heavy atom. The van der Waals surface area contributed by atoms with Crippen LogP contribution in [-0.2, 0) is 7.05 Å². The van der Waals surface area contributed by atoms with Gasteiger partial charge in [0.05, 0.1) is 39.2 Å². The van der Waals surface area contributed by atoms with Gasteiger partial charge in [-0.15, -0.1) is 0 Å². The van der Waals surface area contributed by atoms with E-state index in [0.29, 0.717) is 24.4 Å². The molecule has 8 nitrogen and oxygen atoms in total. The average Bonchev–Trinajstić information content (AvgIpc) is 3.00. The van der Waals surface area contributed by atoms with Crippen LogP contribution < -0.4 is 16.0 Å². The van der Waals surface area contributed by atoms with Gasteiger partial charge in [-0.3, -0.25) is 30.3 Å². The van der Waals surface area contributed by atoms with E-state index >= 15 is 0 Å². The second-order valence-electron chi connectivity index (χ2n) is 7.13. The molecule has 1 unspecified atom stereocenters. The first-order chi connectivity index (χ1) is 14.0. The molecule has 0 fully saturated rings. The number of nitrogens with zero attached hydrogens (tertiary/aromatic N) is 4. The Bertz CT molecular complexity index is 1210. The molecular weight excluding hydrogens is 377 g/mol. The van der Waals surface area contributed by atoms with E-state index in [1.165, 1.54) is 29.0 Å². The first-order valence-corrected chi connectivity index (χ1v) is 9.12. The van der Waals surface area contributed by atoms with E-state index < -0.39 is 4.92 Å². The normalized spacial score (nSPS) is 19.7. The van der Waals surface area contributed by atoms with Crippen molar-refractivity contribution in [2.75, 3.05) is 11.6 Å². The molecule has 0 saturated carbocycles. The zero-order chi connectivity index (χ0) is 20.3. The van der Waals surface area contributed by atoms with E-state index in [1.807, 2.05) is 5.01 Å². The minimum absolute atomic E-state index is 0.162. The van der Waals surface area contributed by atoms with E-state index in [1.54, 1.807) is 25.2 Å². The van der Waals surface area contributed by atoms with Crippen LogP contribution in [0.2, 0.25) is 0 Å². The highest BCUT2D eigenvalue weighted by molar-refractivity contribution is 6.18. The molecule has 0 bridgehead atoms. The van der Waals surface area contributed by atoms with Gasteiger partial charge >= 0.3 is 0 Å². The number of aryl methyl sites for hydroxylation is 1. The third kappa shape index (κ3) is 2.50. The predicted octanol–water partition coefficient (Wildman–Crippen LogP) is 2.00. The highest BCUT2D eigenvalue weighted by atomic mass is 19.1. The van der Waals surface area contributed by atoms with Gasteiger partial charge in [0.15, 0.2) is 0 Å². The van der Waals surface area contributed by atoms with Crippen LogP contribution in [0.1, 0.15) is 17.5 Å². The maximum absolute atomic E-state index is 13.4. The third-order valence-electron chi connectivity index (χ3n) is 5.47. The molecule has 0 spiro atoms. The van der Waals surface area contributed by atoms with Crippen LogP contribution in [0.25, 0.3) is 5.70 Å². The maximum atomic E-state index is 13.4. The molecule has 1 aliphatic carbocycles. The smallest absolute Gasteiger partial charge is 0.279 e. The lowest BCUT2D eigenvalue weighted by Crippen LogP contribution is -2.43. The summed E-state index contributed by atoms with van der Waals surface area (Å²) in [6.45, 7) is 0.474. The van der Waals surface area contributed by atoms with E-state index in [-0.39, 0.29) is 34.2 Å². The van der Waals surface area contributed by atoms with Crippen molar-refractivity contribution < 1.29 is 9.31 Å². The van der Waals surface area contributed by atoms with Gasteiger partial charge in [0, 0.05) is 31.4 Å². The summed E-state index contributed by atoms with van der Waals surface area (Å²) < 4.78 is 14.8. The number of halogens is 1. The number of rotatable bonds is 2. The van der Waals surface area contributed by atoms with Crippen molar-refractivity contribution in [2.24, 2.45) is 12.0 Å². The van der Waals surface area contributed by atoms with Crippen LogP contribution in [-0.4, -0.2) is 27.8 Å². The number of benzene rings is 1. The zero-order valence-corrected chi connectivity index (χ0v) is 15.4. The zero-order valence-electron chi connectivity index (χ0n) is 15.4. The molecule has 2 aromatic rings. The summed E-state index contributed by atoms with van der Waals surface area (Å²) in [5.41, 5.74) is 5.72. The lowest BCUT2D eigenvalue weighted by Gasteiger charge is -2.31. The molecule has 1 aromatic heterocycles. The second-order valence-corrected chi connectivity index (χ2v) is 7.13. The Morgan fingerprint density at radius 3 is 2.76 bits per heavy atom. The minimum Gasteiger partial charge on any atom is -0.318 e. The lowest BCUT2D eigenvalue weighted by molar-refractivity contribution is -0.375. The van der Waals surface area contributed by atoms with Crippen molar-refractivity contribution in [3.63, 3.8) is 0 Å². The maximum Gasteiger partial charge on any atom is 0.279 e. The number of aromatic nitrogens is 1. The number of allylic oxidation sites excluding steroid dienone is 1. The van der Waals surface area contributed by atoms with Crippen molar-refractivity contribution in [1.29, 1.82) is 0 Å². The van der Waals surface area contributed by atoms with E-state index in [4.69, 9.17) is 0 Å². The van der Waals surface area contributed by atoms with E-state index in [9.17, 15) is 19.3 Å². The molecule has 9 heteroatoms. The van der Waals surface area contributed by atoms with Gasteiger partial charge in [-0.1, -0.05) is 0 Å². The van der Waals surface area contributed by atoms with Gasteiger partial charge in [-0.05, 0) is 36.8 Å². The summed E-state index contributed by atoms with van der Waals surface area (Å²) in [4.78, 5) is 28.9. The molecule has 146 valence electrons. The number of hydrazine groups is 1. The van der Waals surface area contributed by atoms with Crippen LogP contribution in [0.5, 0.6) is 0 Å². The fourth-order valence-electron chi connectivity index (χ4n) is 4.13. The van der Waals surface area contributed by atoms with Crippen molar-refractivity contribution >= 4 is 17.1 Å². The Morgan fingerprint density at radius 1 is 1.28 bits per heavy atom. The Labute approximate surface area is 164 Å². The van der Waals surface area contributed by atoms with E-state index in [0.717, 1.165) is 11.3 Å². The van der Waals surface area contributed by atoms with Crippen LogP contribution in [0.3, 0.4) is 0 Å². The summed E-state index contributed by atoms with van der Waals surface area (Å²) in [6.07, 6.45) is 3.64. The van der Waals surface area contributed by atoms with Crippen molar-refractivity contribution in [1.82, 2.24) is 9.99 Å². The largest absolute Gasteiger partial charge is 0.318 e. The van der Waals surface area contributed by atoms with Gasteiger partial charge in [-0.25, -0.2) is 4.39 Å². The van der Waals surface area contributed by atoms with Crippen LogP contribution in [0.4, 0.5) is 10.1 Å². The highest BCUT2D eigenvalue weighted by Crippen LogP contribution is 2.38. The SMILES string of the molecule is Cn1ccc2c(c1=O)C1=NCCC3C1=C(C=C2[N+](=O)[O-])NN3c1ccc(F)cc1. The van der Waals surface area contributed by atoms with Gasteiger partial charge in [-0.2, -0.15) is 0 Å². The lowest BCUT2D eigenvalue weighted by atomic mass is 9.90. The number of nitrogens with one attached hydrogen (secondary N) is 1. The van der Waals surface area contributed by atoms with Crippen LogP contribution in [0.15, 0.2) is 63.7 Å². The fourth-order valence-corrected chi connectivity index (χ4v) is 4.13. The first-order valence-electron chi connectivity index (χ1n) is 9.12. The molecule has 1 atom stereocenters. The standard InChI is InChI=1S/C20H16FN5O3/c1-24-9-7-13-16(26(28)29)10-14-18-15(6-8-22-19(18)17(13)20(24)27)25(23-14)12-4-2-11(21)3-5-12/h2-5,7,9-10,15,23H,6,8H2,1H3.